The van der Waals surface area contributed by atoms with Crippen molar-refractivity contribution in [3.63, 3.8) is 0 Å². The van der Waals surface area contributed by atoms with Gasteiger partial charge < -0.3 is 9.47 Å². The zero-order valence-electron chi connectivity index (χ0n) is 10.4. The maximum Gasteiger partial charge on any atom is 0.209 e. The third-order valence-electron chi connectivity index (χ3n) is 2.20. The first kappa shape index (κ1) is 14.5. The number of carbonyl (C=O) groups is 1. The van der Waals surface area contributed by atoms with E-state index in [1.807, 2.05) is 0 Å². The largest absolute Gasteiger partial charge is 0.497 e. The van der Waals surface area contributed by atoms with Gasteiger partial charge in [0.2, 0.25) is 10.0 Å². The normalized spacial score (nSPS) is 11.1. The summed E-state index contributed by atoms with van der Waals surface area (Å²) in [5.41, 5.74) is 0.300. The molecule has 6 nitrogen and oxygen atoms in total. The van der Waals surface area contributed by atoms with Gasteiger partial charge in [0.25, 0.3) is 0 Å². The van der Waals surface area contributed by atoms with Crippen molar-refractivity contribution in [2.45, 2.75) is 0 Å². The Labute approximate surface area is 106 Å². The van der Waals surface area contributed by atoms with Gasteiger partial charge in [0.1, 0.15) is 11.5 Å². The van der Waals surface area contributed by atoms with Crippen molar-refractivity contribution in [3.05, 3.63) is 23.8 Å². The average molecular weight is 273 g/mol. The molecule has 1 aromatic rings. The number of sulfonamides is 1. The number of hydrogen-bond acceptors (Lipinski definition) is 5. The maximum absolute atomic E-state index is 11.8. The van der Waals surface area contributed by atoms with E-state index in [2.05, 4.69) is 4.72 Å². The molecule has 100 valence electrons. The number of carbonyl (C=O) groups excluding carboxylic acids is 1. The van der Waals surface area contributed by atoms with E-state index in [1.54, 1.807) is 12.1 Å². The van der Waals surface area contributed by atoms with Gasteiger partial charge in [0, 0.05) is 6.07 Å². The van der Waals surface area contributed by atoms with Crippen molar-refractivity contribution in [2.75, 3.05) is 27.0 Å². The van der Waals surface area contributed by atoms with Crippen LogP contribution in [-0.4, -0.2) is 41.2 Å². The van der Waals surface area contributed by atoms with Crippen molar-refractivity contribution in [2.24, 2.45) is 0 Å². The Morgan fingerprint density at radius 3 is 2.44 bits per heavy atom. The van der Waals surface area contributed by atoms with Crippen LogP contribution in [-0.2, 0) is 10.0 Å². The lowest BCUT2D eigenvalue weighted by atomic mass is 10.1. The van der Waals surface area contributed by atoms with E-state index in [4.69, 9.17) is 9.47 Å². The molecule has 0 saturated carbocycles. The molecule has 0 saturated heterocycles. The van der Waals surface area contributed by atoms with Crippen LogP contribution in [0.4, 0.5) is 0 Å². The van der Waals surface area contributed by atoms with Gasteiger partial charge in [0.15, 0.2) is 5.78 Å². The minimum Gasteiger partial charge on any atom is -0.497 e. The molecule has 1 N–H and O–H groups in total. The van der Waals surface area contributed by atoms with Crippen LogP contribution in [0.3, 0.4) is 0 Å². The van der Waals surface area contributed by atoms with Crippen LogP contribution < -0.4 is 14.2 Å². The fourth-order valence-electron chi connectivity index (χ4n) is 1.32. The predicted octanol–water partition coefficient (Wildman–Crippen LogP) is 0.436. The van der Waals surface area contributed by atoms with Crippen LogP contribution in [0, 0.1) is 0 Å². The van der Waals surface area contributed by atoms with Crippen LogP contribution in [0.15, 0.2) is 18.2 Å². The molecule has 0 spiro atoms. The Bertz CT molecular complexity index is 538. The molecule has 0 fully saturated rings. The van der Waals surface area contributed by atoms with Crippen LogP contribution in [0.2, 0.25) is 0 Å². The van der Waals surface area contributed by atoms with E-state index in [0.29, 0.717) is 17.1 Å². The van der Waals surface area contributed by atoms with Gasteiger partial charge in [0.05, 0.1) is 32.6 Å². The molecular weight excluding hydrogens is 258 g/mol. The monoisotopic (exact) mass is 273 g/mol. The van der Waals surface area contributed by atoms with E-state index in [9.17, 15) is 13.2 Å². The van der Waals surface area contributed by atoms with E-state index < -0.39 is 10.0 Å². The topological polar surface area (TPSA) is 81.7 Å². The van der Waals surface area contributed by atoms with Gasteiger partial charge in [-0.3, -0.25) is 4.79 Å². The zero-order chi connectivity index (χ0) is 13.8. The number of benzene rings is 1. The first-order chi connectivity index (χ1) is 8.37. The summed E-state index contributed by atoms with van der Waals surface area (Å²) in [5, 5.41) is 0. The summed E-state index contributed by atoms with van der Waals surface area (Å²) < 4.78 is 34.0. The number of hydrogen-bond donors (Lipinski definition) is 1. The highest BCUT2D eigenvalue weighted by molar-refractivity contribution is 7.88. The molecule has 0 aliphatic rings. The molecule has 1 rings (SSSR count). The van der Waals surface area contributed by atoms with Crippen molar-refractivity contribution in [1.29, 1.82) is 0 Å². The summed E-state index contributed by atoms with van der Waals surface area (Å²) in [6.45, 7) is -0.304. The maximum atomic E-state index is 11.8. The highest BCUT2D eigenvalue weighted by Crippen LogP contribution is 2.24. The Hall–Kier alpha value is -1.60. The number of ether oxygens (including phenoxy) is 2. The number of ketones is 1. The summed E-state index contributed by atoms with van der Waals surface area (Å²) in [5.74, 6) is 0.522. The highest BCUT2D eigenvalue weighted by Gasteiger charge is 2.14. The average Bonchev–Trinajstić information content (AvgIpc) is 2.34. The first-order valence-electron chi connectivity index (χ1n) is 5.07. The Morgan fingerprint density at radius 2 is 1.94 bits per heavy atom. The van der Waals surface area contributed by atoms with E-state index >= 15 is 0 Å². The molecule has 0 aromatic heterocycles. The van der Waals surface area contributed by atoms with Crippen LogP contribution in [0.25, 0.3) is 0 Å². The summed E-state index contributed by atoms with van der Waals surface area (Å²) >= 11 is 0. The lowest BCUT2D eigenvalue weighted by Crippen LogP contribution is -2.28. The highest BCUT2D eigenvalue weighted by atomic mass is 32.2. The smallest absolute Gasteiger partial charge is 0.209 e. The number of rotatable bonds is 6. The SMILES string of the molecule is COc1ccc(C(=O)CNS(C)(=O)=O)c(OC)c1. The van der Waals surface area contributed by atoms with Crippen LogP contribution in [0.1, 0.15) is 10.4 Å². The molecule has 0 heterocycles. The van der Waals surface area contributed by atoms with Gasteiger partial charge >= 0.3 is 0 Å². The Morgan fingerprint density at radius 1 is 1.28 bits per heavy atom. The van der Waals surface area contributed by atoms with Gasteiger partial charge in [-0.15, -0.1) is 0 Å². The second-order valence-corrected chi connectivity index (χ2v) is 5.42. The molecule has 0 aliphatic heterocycles. The quantitative estimate of drug-likeness (QED) is 0.760. The summed E-state index contributed by atoms with van der Waals surface area (Å²) in [4.78, 5) is 11.8. The van der Waals surface area contributed by atoms with E-state index in [-0.39, 0.29) is 12.3 Å². The molecule has 0 unspecified atom stereocenters. The molecule has 7 heteroatoms. The Kier molecular flexibility index (Phi) is 4.69. The molecule has 1 aromatic carbocycles. The number of nitrogens with one attached hydrogen (secondary N) is 1. The van der Waals surface area contributed by atoms with E-state index in [1.165, 1.54) is 20.3 Å². The third kappa shape index (κ3) is 4.01. The fraction of sp³-hybridized carbons (Fsp3) is 0.364. The minimum atomic E-state index is -3.40. The van der Waals surface area contributed by atoms with Crippen molar-refractivity contribution >= 4 is 15.8 Å². The lowest BCUT2D eigenvalue weighted by molar-refractivity contribution is 0.0994. The van der Waals surface area contributed by atoms with Crippen LogP contribution >= 0.6 is 0 Å². The lowest BCUT2D eigenvalue weighted by Gasteiger charge is -2.09. The zero-order valence-corrected chi connectivity index (χ0v) is 11.2. The fourth-order valence-corrected chi connectivity index (χ4v) is 1.71. The van der Waals surface area contributed by atoms with Gasteiger partial charge in [-0.2, -0.15) is 0 Å². The third-order valence-corrected chi connectivity index (χ3v) is 2.87. The molecule has 0 bridgehead atoms. The summed E-state index contributed by atoms with van der Waals surface area (Å²) in [6, 6.07) is 4.70. The minimum absolute atomic E-state index is 0.300. The second-order valence-electron chi connectivity index (χ2n) is 3.58. The molecule has 0 radical (unpaired) electrons. The van der Waals surface area contributed by atoms with Gasteiger partial charge in [-0.05, 0) is 12.1 Å². The molecule has 0 amide bonds. The second kappa shape index (κ2) is 5.83. The molecular formula is C11H15NO5S. The molecule has 18 heavy (non-hydrogen) atoms. The number of methoxy groups -OCH3 is 2. The van der Waals surface area contributed by atoms with Crippen LogP contribution in [0.5, 0.6) is 11.5 Å². The molecule has 0 aliphatic carbocycles. The van der Waals surface area contributed by atoms with Gasteiger partial charge in [-0.25, -0.2) is 13.1 Å². The predicted molar refractivity (Wildman–Crippen MR) is 66.7 cm³/mol. The summed E-state index contributed by atoms with van der Waals surface area (Å²) in [6.07, 6.45) is 0.992. The summed E-state index contributed by atoms with van der Waals surface area (Å²) in [7, 11) is -0.468. The molecule has 0 atom stereocenters. The van der Waals surface area contributed by atoms with Crippen molar-refractivity contribution in [3.8, 4) is 11.5 Å². The van der Waals surface area contributed by atoms with Gasteiger partial charge in [-0.1, -0.05) is 0 Å². The van der Waals surface area contributed by atoms with E-state index in [0.717, 1.165) is 6.26 Å². The standard InChI is InChI=1S/C11H15NO5S/c1-16-8-4-5-9(11(6-8)17-2)10(13)7-12-18(3,14)15/h4-6,12H,7H2,1-3H3. The van der Waals surface area contributed by atoms with Crippen molar-refractivity contribution < 1.29 is 22.7 Å². The Balaban J connectivity index is 2.92. The first-order valence-corrected chi connectivity index (χ1v) is 6.96. The number of Topliss-reactive ketones (excluding diaryl/α,β-unsaturated/α-hetero) is 1. The van der Waals surface area contributed by atoms with Crippen molar-refractivity contribution in [1.82, 2.24) is 4.72 Å².